The van der Waals surface area contributed by atoms with Crippen LogP contribution in [0.15, 0.2) is 12.1 Å². The molecular formula is C12H17NO. The fraction of sp³-hybridized carbons (Fsp3) is 0.500. The van der Waals surface area contributed by atoms with Crippen molar-refractivity contribution in [3.63, 3.8) is 0 Å². The van der Waals surface area contributed by atoms with Gasteiger partial charge in [-0.05, 0) is 37.5 Å². The number of rotatable bonds is 1. The van der Waals surface area contributed by atoms with Gasteiger partial charge in [0.15, 0.2) is 0 Å². The van der Waals surface area contributed by atoms with Crippen LogP contribution in [0.5, 0.6) is 5.75 Å². The predicted molar refractivity (Wildman–Crippen MR) is 59.1 cm³/mol. The van der Waals surface area contributed by atoms with Gasteiger partial charge >= 0.3 is 0 Å². The zero-order valence-electron chi connectivity index (χ0n) is 9.05. The van der Waals surface area contributed by atoms with Gasteiger partial charge in [-0.1, -0.05) is 13.0 Å². The second-order valence-electron chi connectivity index (χ2n) is 3.98. The van der Waals surface area contributed by atoms with E-state index in [0.29, 0.717) is 6.10 Å². The number of anilines is 1. The Morgan fingerprint density at radius 1 is 1.43 bits per heavy atom. The molecule has 1 atom stereocenters. The molecule has 0 saturated heterocycles. The summed E-state index contributed by atoms with van der Waals surface area (Å²) in [5.74, 6) is 1.01. The summed E-state index contributed by atoms with van der Waals surface area (Å²) in [4.78, 5) is 0. The molecule has 76 valence electrons. The van der Waals surface area contributed by atoms with Crippen molar-refractivity contribution >= 4 is 5.69 Å². The third-order valence-electron chi connectivity index (χ3n) is 2.70. The highest BCUT2D eigenvalue weighted by Crippen LogP contribution is 2.33. The van der Waals surface area contributed by atoms with E-state index in [9.17, 15) is 0 Å². The van der Waals surface area contributed by atoms with Crippen molar-refractivity contribution in [1.29, 1.82) is 0 Å². The van der Waals surface area contributed by atoms with Crippen LogP contribution in [0, 0.1) is 13.8 Å². The van der Waals surface area contributed by atoms with Crippen LogP contribution in [-0.4, -0.2) is 12.6 Å². The molecule has 0 amide bonds. The lowest BCUT2D eigenvalue weighted by atomic mass is 10.1. The highest BCUT2D eigenvalue weighted by Gasteiger charge is 2.18. The van der Waals surface area contributed by atoms with Gasteiger partial charge in [0, 0.05) is 0 Å². The van der Waals surface area contributed by atoms with E-state index in [4.69, 9.17) is 4.74 Å². The largest absolute Gasteiger partial charge is 0.486 e. The highest BCUT2D eigenvalue weighted by molar-refractivity contribution is 5.64. The maximum Gasteiger partial charge on any atom is 0.143 e. The first-order valence-corrected chi connectivity index (χ1v) is 5.22. The molecule has 1 aliphatic heterocycles. The summed E-state index contributed by atoms with van der Waals surface area (Å²) >= 11 is 0. The van der Waals surface area contributed by atoms with Crippen LogP contribution in [0.1, 0.15) is 24.5 Å². The second-order valence-corrected chi connectivity index (χ2v) is 3.98. The molecular weight excluding hydrogens is 174 g/mol. The Morgan fingerprint density at radius 3 is 2.93 bits per heavy atom. The summed E-state index contributed by atoms with van der Waals surface area (Å²) in [7, 11) is 0. The number of nitrogens with one attached hydrogen (secondary N) is 1. The lowest BCUT2D eigenvalue weighted by Crippen LogP contribution is -2.30. The van der Waals surface area contributed by atoms with E-state index in [0.717, 1.165) is 18.7 Å². The van der Waals surface area contributed by atoms with Gasteiger partial charge in [-0.25, -0.2) is 0 Å². The van der Waals surface area contributed by atoms with Crippen LogP contribution < -0.4 is 10.1 Å². The topological polar surface area (TPSA) is 21.3 Å². The Bertz CT molecular complexity index is 346. The summed E-state index contributed by atoms with van der Waals surface area (Å²) in [5.41, 5.74) is 3.70. The average molecular weight is 191 g/mol. The van der Waals surface area contributed by atoms with Crippen LogP contribution in [0.2, 0.25) is 0 Å². The van der Waals surface area contributed by atoms with Gasteiger partial charge in [0.2, 0.25) is 0 Å². The van der Waals surface area contributed by atoms with Crippen molar-refractivity contribution in [3.05, 3.63) is 23.3 Å². The molecule has 2 rings (SSSR count). The van der Waals surface area contributed by atoms with Gasteiger partial charge in [-0.15, -0.1) is 0 Å². The van der Waals surface area contributed by atoms with E-state index in [2.05, 4.69) is 38.2 Å². The van der Waals surface area contributed by atoms with Crippen molar-refractivity contribution in [2.24, 2.45) is 0 Å². The van der Waals surface area contributed by atoms with Gasteiger partial charge in [0.05, 0.1) is 12.2 Å². The molecule has 1 N–H and O–H groups in total. The molecule has 14 heavy (non-hydrogen) atoms. The van der Waals surface area contributed by atoms with Gasteiger partial charge in [-0.3, -0.25) is 0 Å². The molecule has 1 heterocycles. The van der Waals surface area contributed by atoms with Gasteiger partial charge in [-0.2, -0.15) is 0 Å². The Morgan fingerprint density at radius 2 is 2.21 bits per heavy atom. The number of benzene rings is 1. The molecule has 0 bridgehead atoms. The monoisotopic (exact) mass is 191 g/mol. The molecule has 0 fully saturated rings. The number of aryl methyl sites for hydroxylation is 2. The van der Waals surface area contributed by atoms with Gasteiger partial charge in [0.25, 0.3) is 0 Å². The Kier molecular flexibility index (Phi) is 2.36. The van der Waals surface area contributed by atoms with Crippen LogP contribution in [0.4, 0.5) is 5.69 Å². The third kappa shape index (κ3) is 1.57. The minimum absolute atomic E-state index is 0.323. The highest BCUT2D eigenvalue weighted by atomic mass is 16.5. The van der Waals surface area contributed by atoms with E-state index in [1.807, 2.05) is 0 Å². The zero-order chi connectivity index (χ0) is 10.1. The number of ether oxygens (including phenoxy) is 1. The van der Waals surface area contributed by atoms with Crippen molar-refractivity contribution in [3.8, 4) is 5.75 Å². The summed E-state index contributed by atoms with van der Waals surface area (Å²) in [5, 5.41) is 3.43. The van der Waals surface area contributed by atoms with Crippen molar-refractivity contribution in [1.82, 2.24) is 0 Å². The second kappa shape index (κ2) is 3.52. The normalized spacial score (nSPS) is 19.5. The lowest BCUT2D eigenvalue weighted by Gasteiger charge is -2.28. The molecule has 1 aromatic rings. The third-order valence-corrected chi connectivity index (χ3v) is 2.70. The number of hydrogen-bond donors (Lipinski definition) is 1. The molecule has 0 spiro atoms. The van der Waals surface area contributed by atoms with Gasteiger partial charge in [0.1, 0.15) is 11.9 Å². The van der Waals surface area contributed by atoms with Crippen molar-refractivity contribution < 1.29 is 4.74 Å². The standard InChI is InChI=1S/C12H17NO/c1-4-10-7-13-12-9(3)5-8(2)6-11(12)14-10/h5-6,10,13H,4,7H2,1-3H3. The molecule has 1 aliphatic rings. The molecule has 1 unspecified atom stereocenters. The van der Waals surface area contributed by atoms with E-state index < -0.39 is 0 Å². The lowest BCUT2D eigenvalue weighted by molar-refractivity contribution is 0.201. The first-order chi connectivity index (χ1) is 6.70. The average Bonchev–Trinajstić information content (AvgIpc) is 2.16. The van der Waals surface area contributed by atoms with Gasteiger partial charge < -0.3 is 10.1 Å². The molecule has 0 aromatic heterocycles. The van der Waals surface area contributed by atoms with E-state index in [1.54, 1.807) is 0 Å². The quantitative estimate of drug-likeness (QED) is 0.737. The van der Waals surface area contributed by atoms with Crippen LogP contribution in [-0.2, 0) is 0 Å². The molecule has 1 aromatic carbocycles. The smallest absolute Gasteiger partial charge is 0.143 e. The summed E-state index contributed by atoms with van der Waals surface area (Å²) in [6, 6.07) is 4.29. The fourth-order valence-electron chi connectivity index (χ4n) is 1.91. The minimum Gasteiger partial charge on any atom is -0.486 e. The Hall–Kier alpha value is -1.18. The van der Waals surface area contributed by atoms with E-state index in [1.165, 1.54) is 16.8 Å². The van der Waals surface area contributed by atoms with E-state index in [-0.39, 0.29) is 0 Å². The van der Waals surface area contributed by atoms with Crippen molar-refractivity contribution in [2.75, 3.05) is 11.9 Å². The molecule has 2 nitrogen and oxygen atoms in total. The first kappa shape index (κ1) is 9.38. The van der Waals surface area contributed by atoms with Crippen molar-refractivity contribution in [2.45, 2.75) is 33.3 Å². The SMILES string of the molecule is CCC1CNc2c(C)cc(C)cc2O1. The van der Waals surface area contributed by atoms with Crippen LogP contribution in [0.3, 0.4) is 0 Å². The minimum atomic E-state index is 0.323. The molecule has 0 saturated carbocycles. The molecule has 0 aliphatic carbocycles. The number of fused-ring (bicyclic) bond motifs is 1. The predicted octanol–water partition coefficient (Wildman–Crippen LogP) is 2.89. The molecule has 0 radical (unpaired) electrons. The maximum atomic E-state index is 5.88. The van der Waals surface area contributed by atoms with Crippen LogP contribution in [0.25, 0.3) is 0 Å². The Labute approximate surface area is 85.3 Å². The maximum absolute atomic E-state index is 5.88. The van der Waals surface area contributed by atoms with Crippen LogP contribution >= 0.6 is 0 Å². The Balaban J connectivity index is 2.37. The first-order valence-electron chi connectivity index (χ1n) is 5.22. The zero-order valence-corrected chi connectivity index (χ0v) is 9.05. The summed E-state index contributed by atoms with van der Waals surface area (Å²) in [6.07, 6.45) is 1.38. The molecule has 2 heteroatoms. The summed E-state index contributed by atoms with van der Waals surface area (Å²) < 4.78 is 5.88. The summed E-state index contributed by atoms with van der Waals surface area (Å²) in [6.45, 7) is 7.30. The van der Waals surface area contributed by atoms with E-state index >= 15 is 0 Å². The fourth-order valence-corrected chi connectivity index (χ4v) is 1.91. The number of hydrogen-bond acceptors (Lipinski definition) is 2.